The first-order chi connectivity index (χ1) is 27.2. The largest absolute Gasteiger partial charge is 0.481 e. The Kier molecular flexibility index (Phi) is 11.3. The highest BCUT2D eigenvalue weighted by molar-refractivity contribution is 6.39. The van der Waals surface area contributed by atoms with Gasteiger partial charge in [-0.2, -0.15) is 0 Å². The Balaban J connectivity index is 1.14. The van der Waals surface area contributed by atoms with Crippen LogP contribution in [0.4, 0.5) is 4.79 Å². The molecule has 0 aliphatic carbocycles. The van der Waals surface area contributed by atoms with Gasteiger partial charge in [-0.15, -0.1) is 0 Å². The van der Waals surface area contributed by atoms with Crippen LogP contribution in [0.1, 0.15) is 44.7 Å². The van der Waals surface area contributed by atoms with E-state index < -0.39 is 23.6 Å². The lowest BCUT2D eigenvalue weighted by Gasteiger charge is -2.36. The predicted octanol–water partition coefficient (Wildman–Crippen LogP) is 6.94. The Hall–Kier alpha value is -5.50. The number of aliphatic carboxylic acids is 1. The van der Waals surface area contributed by atoms with Gasteiger partial charge in [0, 0.05) is 78.9 Å². The lowest BCUT2D eigenvalue weighted by atomic mass is 9.97. The van der Waals surface area contributed by atoms with Crippen molar-refractivity contribution in [3.8, 4) is 39.4 Å². The molecule has 0 radical (unpaired) electrons. The molecule has 5 aromatic rings. The summed E-state index contributed by atoms with van der Waals surface area (Å²) < 4.78 is 12.9. The van der Waals surface area contributed by atoms with Crippen LogP contribution in [0.3, 0.4) is 0 Å². The fraction of sp³-hybridized carbons (Fsp3) is 0.333. The SMILES string of the molecule is COc1nc(-c2cccc(-c3cccc(-c4ccn5c(=O)c(CN6CC(C(=O)O)C6)cnc5c4)c3Cl)c2Cl)ccc1CN(CC1CCC(=O)N1)C(=O)OC(C)(C)C. The van der Waals surface area contributed by atoms with Crippen LogP contribution < -0.4 is 15.6 Å². The van der Waals surface area contributed by atoms with Crippen LogP contribution in [0.15, 0.2) is 77.9 Å². The summed E-state index contributed by atoms with van der Waals surface area (Å²) in [5.41, 5.74) is 4.65. The number of nitrogens with one attached hydrogen (secondary N) is 1. The number of carbonyl (C=O) groups is 3. The highest BCUT2D eigenvalue weighted by Gasteiger charge is 2.33. The van der Waals surface area contributed by atoms with Crippen molar-refractivity contribution >= 4 is 46.8 Å². The first-order valence-corrected chi connectivity index (χ1v) is 19.3. The summed E-state index contributed by atoms with van der Waals surface area (Å²) in [5, 5.41) is 13.0. The van der Waals surface area contributed by atoms with Gasteiger partial charge in [-0.05, 0) is 57.0 Å². The minimum absolute atomic E-state index is 0.0443. The van der Waals surface area contributed by atoms with Crippen LogP contribution in [0, 0.1) is 5.92 Å². The van der Waals surface area contributed by atoms with E-state index >= 15 is 0 Å². The molecule has 0 spiro atoms. The number of pyridine rings is 2. The average Bonchev–Trinajstić information content (AvgIpc) is 3.57. The fourth-order valence-corrected chi connectivity index (χ4v) is 7.78. The van der Waals surface area contributed by atoms with Crippen molar-refractivity contribution < 1.29 is 29.0 Å². The Bertz CT molecular complexity index is 2440. The van der Waals surface area contributed by atoms with Gasteiger partial charge in [0.25, 0.3) is 5.56 Å². The summed E-state index contributed by atoms with van der Waals surface area (Å²) >= 11 is 14.3. The molecule has 296 valence electrons. The standard InChI is InChI=1S/C42H42Cl2N6O7/c1-42(2,3)57-41(55)49(23-28-12-14-35(51)46-28)22-25-11-13-33(47-38(25)56-4)32-10-6-9-31(37(32)44)30-8-5-7-29(36(30)43)24-15-16-50-34(17-24)45-18-26(39(50)52)19-48-20-27(21-48)40(53)54/h5-11,13,15-18,27-28H,12,14,19-23H2,1-4H3,(H,46,51)(H,53,54). The van der Waals surface area contributed by atoms with Gasteiger partial charge in [-0.1, -0.05) is 59.6 Å². The third-order valence-corrected chi connectivity index (χ3v) is 10.8. The van der Waals surface area contributed by atoms with Crippen molar-refractivity contribution in [1.29, 1.82) is 0 Å². The Morgan fingerprint density at radius 3 is 2.30 bits per heavy atom. The van der Waals surface area contributed by atoms with Crippen molar-refractivity contribution in [3.63, 3.8) is 0 Å². The smallest absolute Gasteiger partial charge is 0.410 e. The molecule has 57 heavy (non-hydrogen) atoms. The van der Waals surface area contributed by atoms with Gasteiger partial charge in [-0.3, -0.25) is 23.7 Å². The second-order valence-electron chi connectivity index (χ2n) is 15.3. The number of aromatic nitrogens is 3. The molecule has 2 aromatic carbocycles. The molecule has 7 rings (SSSR count). The number of benzene rings is 2. The van der Waals surface area contributed by atoms with Crippen molar-refractivity contribution in [2.45, 2.75) is 58.3 Å². The number of hydrogen-bond donors (Lipinski definition) is 2. The van der Waals surface area contributed by atoms with Crippen molar-refractivity contribution in [2.75, 3.05) is 26.7 Å². The lowest BCUT2D eigenvalue weighted by molar-refractivity contribution is -0.147. The van der Waals surface area contributed by atoms with Gasteiger partial charge >= 0.3 is 12.1 Å². The number of nitrogens with zero attached hydrogens (tertiary/aromatic N) is 5. The average molecular weight is 814 g/mol. The maximum atomic E-state index is 13.3. The summed E-state index contributed by atoms with van der Waals surface area (Å²) in [7, 11) is 1.51. The first-order valence-electron chi connectivity index (χ1n) is 18.5. The number of halogens is 2. The van der Waals surface area contributed by atoms with Crippen LogP contribution in [0.25, 0.3) is 39.2 Å². The second-order valence-corrected chi connectivity index (χ2v) is 16.1. The molecule has 5 heterocycles. The molecule has 2 amide bonds. The number of ether oxygens (including phenoxy) is 2. The maximum Gasteiger partial charge on any atom is 0.410 e. The molecular weight excluding hydrogens is 771 g/mol. The number of carboxylic acid groups (broad SMARTS) is 1. The molecule has 2 saturated heterocycles. The number of likely N-dealkylation sites (tertiary alicyclic amines) is 1. The number of rotatable bonds is 11. The molecule has 2 aliphatic rings. The maximum absolute atomic E-state index is 13.3. The monoisotopic (exact) mass is 812 g/mol. The van der Waals surface area contributed by atoms with Crippen molar-refractivity contribution in [3.05, 3.63) is 105 Å². The molecule has 2 aliphatic heterocycles. The first kappa shape index (κ1) is 39.7. The van der Waals surface area contributed by atoms with Gasteiger partial charge < -0.3 is 24.8 Å². The zero-order valence-electron chi connectivity index (χ0n) is 31.9. The molecule has 13 nitrogen and oxygen atoms in total. The van der Waals surface area contributed by atoms with Crippen LogP contribution in [-0.2, 0) is 27.4 Å². The Labute approximate surface area is 339 Å². The minimum Gasteiger partial charge on any atom is -0.481 e. The normalized spacial score (nSPS) is 16.0. The summed E-state index contributed by atoms with van der Waals surface area (Å²) in [6.07, 6.45) is 3.73. The number of hydrogen-bond acceptors (Lipinski definition) is 9. The van der Waals surface area contributed by atoms with E-state index in [2.05, 4.69) is 10.3 Å². The van der Waals surface area contributed by atoms with E-state index in [-0.39, 0.29) is 30.6 Å². The van der Waals surface area contributed by atoms with Gasteiger partial charge in [0.15, 0.2) is 0 Å². The van der Waals surface area contributed by atoms with Crippen molar-refractivity contribution in [1.82, 2.24) is 29.5 Å². The highest BCUT2D eigenvalue weighted by atomic mass is 35.5. The molecule has 1 atom stereocenters. The van der Waals surface area contributed by atoms with Crippen LogP contribution >= 0.6 is 23.2 Å². The van der Waals surface area contributed by atoms with Gasteiger partial charge in [0.05, 0.1) is 40.9 Å². The van der Waals surface area contributed by atoms with Gasteiger partial charge in [0.1, 0.15) is 11.2 Å². The predicted molar refractivity (Wildman–Crippen MR) is 216 cm³/mol. The van der Waals surface area contributed by atoms with E-state index in [1.165, 1.54) is 11.5 Å². The topological polar surface area (TPSA) is 156 Å². The fourth-order valence-electron chi connectivity index (χ4n) is 7.12. The van der Waals surface area contributed by atoms with Crippen LogP contribution in [0.5, 0.6) is 5.88 Å². The number of amides is 2. The number of carbonyl (C=O) groups excluding carboxylic acids is 2. The quantitative estimate of drug-likeness (QED) is 0.143. The van der Waals surface area contributed by atoms with Gasteiger partial charge in [0.2, 0.25) is 11.8 Å². The second kappa shape index (κ2) is 16.2. The lowest BCUT2D eigenvalue weighted by Crippen LogP contribution is -2.50. The molecule has 15 heteroatoms. The molecular formula is C42H42Cl2N6O7. The summed E-state index contributed by atoms with van der Waals surface area (Å²) in [6, 6.07) is 18.3. The summed E-state index contributed by atoms with van der Waals surface area (Å²) in [4.78, 5) is 62.5. The minimum atomic E-state index is -0.830. The van der Waals surface area contributed by atoms with E-state index in [1.54, 1.807) is 50.2 Å². The molecule has 0 bridgehead atoms. The Morgan fingerprint density at radius 1 is 0.965 bits per heavy atom. The summed E-state index contributed by atoms with van der Waals surface area (Å²) in [6.45, 7) is 6.94. The molecule has 2 fully saturated rings. The molecule has 3 aromatic heterocycles. The molecule has 2 N–H and O–H groups in total. The van der Waals surface area contributed by atoms with Gasteiger partial charge in [-0.25, -0.2) is 14.8 Å². The van der Waals surface area contributed by atoms with Crippen LogP contribution in [0.2, 0.25) is 10.0 Å². The molecule has 0 saturated carbocycles. The van der Waals surface area contributed by atoms with E-state index in [0.29, 0.717) is 93.1 Å². The molecule has 1 unspecified atom stereocenters. The Morgan fingerprint density at radius 2 is 1.65 bits per heavy atom. The number of carboxylic acids is 1. The van der Waals surface area contributed by atoms with E-state index in [9.17, 15) is 24.3 Å². The van der Waals surface area contributed by atoms with E-state index in [1.807, 2.05) is 53.4 Å². The van der Waals surface area contributed by atoms with Crippen molar-refractivity contribution in [2.24, 2.45) is 5.92 Å². The van der Waals surface area contributed by atoms with E-state index in [4.69, 9.17) is 37.7 Å². The number of fused-ring (bicyclic) bond motifs is 1. The van der Waals surface area contributed by atoms with E-state index in [0.717, 1.165) is 5.56 Å². The summed E-state index contributed by atoms with van der Waals surface area (Å²) in [5.74, 6) is -0.980. The zero-order valence-corrected chi connectivity index (χ0v) is 33.4. The third-order valence-electron chi connectivity index (χ3n) is 10.0. The zero-order chi connectivity index (χ0) is 40.6. The van der Waals surface area contributed by atoms with Crippen LogP contribution in [-0.4, -0.2) is 85.6 Å². The number of methoxy groups -OCH3 is 1. The highest BCUT2D eigenvalue weighted by Crippen LogP contribution is 2.42. The third kappa shape index (κ3) is 8.60.